The van der Waals surface area contributed by atoms with Crippen LogP contribution >= 0.6 is 0 Å². The summed E-state index contributed by atoms with van der Waals surface area (Å²) in [6, 6.07) is 14.4. The minimum atomic E-state index is -0.481. The molecule has 0 unspecified atom stereocenters. The average molecular weight is 604 g/mol. The van der Waals surface area contributed by atoms with Gasteiger partial charge in [0.2, 0.25) is 0 Å². The van der Waals surface area contributed by atoms with E-state index >= 15 is 0 Å². The Morgan fingerprint density at radius 2 is 1.55 bits per heavy atom. The Bertz CT molecular complexity index is 1550. The molecule has 0 fully saturated rings. The first kappa shape index (κ1) is 32.7. The molecule has 2 aromatic heterocycles. The van der Waals surface area contributed by atoms with E-state index in [9.17, 15) is 14.4 Å². The molecule has 0 atom stereocenters. The number of carbonyl (C=O) groups is 3. The summed E-state index contributed by atoms with van der Waals surface area (Å²) in [7, 11) is 0. The van der Waals surface area contributed by atoms with E-state index in [2.05, 4.69) is 15.3 Å². The number of nitrogens with one attached hydrogen (secondary N) is 1. The quantitative estimate of drug-likeness (QED) is 0.0936. The number of nitrogen functional groups attached to an aromatic ring is 1. The largest absolute Gasteiger partial charge is 0.399 e. The predicted octanol–water partition coefficient (Wildman–Crippen LogP) is 4.71. The second kappa shape index (κ2) is 15.5. The Morgan fingerprint density at radius 3 is 2.25 bits per heavy atom. The number of nitrogens with two attached hydrogens (primary N) is 1. The zero-order valence-corrected chi connectivity index (χ0v) is 25.6. The SMILES string of the molecule is CC(C)(C)C(=O)c1cc2cc(CC(=O)c3cn(CCOCCOCCOCCCC(=O)c4ccc(N)cc4)nn3)ccc2[nH]1. The molecule has 0 saturated carbocycles. The Hall–Kier alpha value is -4.19. The fourth-order valence-electron chi connectivity index (χ4n) is 4.48. The molecule has 0 aliphatic heterocycles. The maximum absolute atomic E-state index is 12.8. The monoisotopic (exact) mass is 603 g/mol. The average Bonchev–Trinajstić information content (AvgIpc) is 3.64. The lowest BCUT2D eigenvalue weighted by molar-refractivity contribution is 0.0122. The van der Waals surface area contributed by atoms with Crippen LogP contribution in [0.25, 0.3) is 10.9 Å². The summed E-state index contributed by atoms with van der Waals surface area (Å²) in [5, 5.41) is 8.95. The Kier molecular flexibility index (Phi) is 11.5. The molecule has 0 bridgehead atoms. The van der Waals surface area contributed by atoms with E-state index in [1.807, 2.05) is 45.0 Å². The Labute approximate surface area is 257 Å². The van der Waals surface area contributed by atoms with E-state index in [-0.39, 0.29) is 23.8 Å². The normalized spacial score (nSPS) is 11.7. The molecule has 0 aliphatic rings. The maximum Gasteiger partial charge on any atom is 0.189 e. The van der Waals surface area contributed by atoms with Crippen molar-refractivity contribution in [3.63, 3.8) is 0 Å². The second-order valence-corrected chi connectivity index (χ2v) is 11.6. The van der Waals surface area contributed by atoms with E-state index in [0.29, 0.717) is 81.7 Å². The number of aromatic amines is 1. The van der Waals surface area contributed by atoms with Gasteiger partial charge in [-0.2, -0.15) is 0 Å². The molecule has 3 N–H and O–H groups in total. The molecule has 2 aromatic carbocycles. The zero-order valence-electron chi connectivity index (χ0n) is 25.6. The minimum absolute atomic E-state index is 0.0400. The van der Waals surface area contributed by atoms with Crippen LogP contribution in [-0.2, 0) is 27.2 Å². The van der Waals surface area contributed by atoms with Crippen LogP contribution in [0, 0.1) is 5.41 Å². The number of nitrogens with zero attached hydrogens (tertiary/aromatic N) is 3. The zero-order chi connectivity index (χ0) is 31.5. The third kappa shape index (κ3) is 9.66. The van der Waals surface area contributed by atoms with Crippen molar-refractivity contribution in [1.82, 2.24) is 20.0 Å². The number of ketones is 3. The summed E-state index contributed by atoms with van der Waals surface area (Å²) in [5.74, 6) is -0.0211. The summed E-state index contributed by atoms with van der Waals surface area (Å²) < 4.78 is 18.2. The van der Waals surface area contributed by atoms with Gasteiger partial charge in [-0.3, -0.25) is 14.4 Å². The second-order valence-electron chi connectivity index (χ2n) is 11.6. The van der Waals surface area contributed by atoms with Crippen LogP contribution in [0.3, 0.4) is 0 Å². The third-order valence-corrected chi connectivity index (χ3v) is 6.93. The van der Waals surface area contributed by atoms with E-state index in [1.165, 1.54) is 0 Å². The van der Waals surface area contributed by atoms with Crippen molar-refractivity contribution in [2.45, 2.75) is 46.6 Å². The summed E-state index contributed by atoms with van der Waals surface area (Å²) in [4.78, 5) is 40.7. The van der Waals surface area contributed by atoms with Crippen LogP contribution in [0.2, 0.25) is 0 Å². The molecular formula is C33H41N5O6. The predicted molar refractivity (Wildman–Crippen MR) is 167 cm³/mol. The lowest BCUT2D eigenvalue weighted by Crippen LogP contribution is -2.20. The van der Waals surface area contributed by atoms with Gasteiger partial charge in [0.15, 0.2) is 17.3 Å². The number of rotatable bonds is 18. The number of hydrogen-bond donors (Lipinski definition) is 2. The standard InChI is InChI=1S/C33H41N5O6/c1-33(2,3)32(41)28-21-25-19-23(6-11-27(25)35-28)20-31(40)29-22-38(37-36-29)12-14-43-16-18-44-17-15-42-13-4-5-30(39)24-7-9-26(34)10-8-24/h6-11,19,21-22,35H,4-5,12-18,20,34H2,1-3H3. The number of fused-ring (bicyclic) bond motifs is 1. The number of hydrogen-bond acceptors (Lipinski definition) is 9. The van der Waals surface area contributed by atoms with Gasteiger partial charge < -0.3 is 24.9 Å². The first-order valence-corrected chi connectivity index (χ1v) is 14.8. The first-order chi connectivity index (χ1) is 21.1. The van der Waals surface area contributed by atoms with Crippen LogP contribution in [0.1, 0.15) is 70.5 Å². The summed E-state index contributed by atoms with van der Waals surface area (Å²) in [6.07, 6.45) is 2.87. The topological polar surface area (TPSA) is 151 Å². The molecule has 0 radical (unpaired) electrons. The van der Waals surface area contributed by atoms with Gasteiger partial charge in [0.25, 0.3) is 0 Å². The number of benzene rings is 2. The van der Waals surface area contributed by atoms with Crippen LogP contribution < -0.4 is 5.73 Å². The summed E-state index contributed by atoms with van der Waals surface area (Å²) in [6.45, 7) is 8.75. The highest BCUT2D eigenvalue weighted by Gasteiger charge is 2.24. The van der Waals surface area contributed by atoms with Gasteiger partial charge in [-0.25, -0.2) is 4.68 Å². The molecule has 44 heavy (non-hydrogen) atoms. The van der Waals surface area contributed by atoms with Crippen molar-refractivity contribution in [1.29, 1.82) is 0 Å². The number of anilines is 1. The molecule has 4 aromatic rings. The Morgan fingerprint density at radius 1 is 0.864 bits per heavy atom. The minimum Gasteiger partial charge on any atom is -0.399 e. The van der Waals surface area contributed by atoms with E-state index in [0.717, 1.165) is 16.5 Å². The van der Waals surface area contributed by atoms with Crippen molar-refractivity contribution in [3.8, 4) is 0 Å². The van der Waals surface area contributed by atoms with E-state index < -0.39 is 5.41 Å². The smallest absolute Gasteiger partial charge is 0.189 e. The number of carbonyl (C=O) groups excluding carboxylic acids is 3. The number of Topliss-reactive ketones (excluding diaryl/α,β-unsaturated/α-hetero) is 3. The first-order valence-electron chi connectivity index (χ1n) is 14.8. The number of H-pyrrole nitrogens is 1. The lowest BCUT2D eigenvalue weighted by atomic mass is 9.89. The van der Waals surface area contributed by atoms with Gasteiger partial charge in [-0.1, -0.05) is 32.1 Å². The van der Waals surface area contributed by atoms with Crippen molar-refractivity contribution in [3.05, 3.63) is 77.2 Å². The fraction of sp³-hybridized carbons (Fsp3) is 0.424. The van der Waals surface area contributed by atoms with Crippen LogP contribution in [0.15, 0.2) is 54.7 Å². The van der Waals surface area contributed by atoms with Gasteiger partial charge in [0.05, 0.1) is 51.5 Å². The van der Waals surface area contributed by atoms with E-state index in [1.54, 1.807) is 35.1 Å². The number of aromatic nitrogens is 4. The molecule has 0 aliphatic carbocycles. The molecule has 0 saturated heterocycles. The highest BCUT2D eigenvalue weighted by molar-refractivity contribution is 6.02. The van der Waals surface area contributed by atoms with Crippen LogP contribution in [0.4, 0.5) is 5.69 Å². The highest BCUT2D eigenvalue weighted by atomic mass is 16.5. The fourth-order valence-corrected chi connectivity index (χ4v) is 4.48. The van der Waals surface area contributed by atoms with E-state index in [4.69, 9.17) is 19.9 Å². The molecule has 0 amide bonds. The van der Waals surface area contributed by atoms with Crippen LogP contribution in [0.5, 0.6) is 0 Å². The Balaban J connectivity index is 1.06. The van der Waals surface area contributed by atoms with Gasteiger partial charge >= 0.3 is 0 Å². The molecule has 11 heteroatoms. The molecular weight excluding hydrogens is 562 g/mol. The van der Waals surface area contributed by atoms with Crippen molar-refractivity contribution < 1.29 is 28.6 Å². The van der Waals surface area contributed by atoms with Gasteiger partial charge in [0.1, 0.15) is 5.69 Å². The highest BCUT2D eigenvalue weighted by Crippen LogP contribution is 2.24. The molecule has 11 nitrogen and oxygen atoms in total. The molecule has 0 spiro atoms. The van der Waals surface area contributed by atoms with Gasteiger partial charge in [0, 0.05) is 47.0 Å². The molecule has 2 heterocycles. The number of ether oxygens (including phenoxy) is 3. The lowest BCUT2D eigenvalue weighted by Gasteiger charge is -2.14. The third-order valence-electron chi connectivity index (χ3n) is 6.93. The van der Waals surface area contributed by atoms with Gasteiger partial charge in [-0.15, -0.1) is 5.10 Å². The van der Waals surface area contributed by atoms with Crippen LogP contribution in [-0.4, -0.2) is 77.0 Å². The molecule has 4 rings (SSSR count). The summed E-state index contributed by atoms with van der Waals surface area (Å²) >= 11 is 0. The van der Waals surface area contributed by atoms with Crippen molar-refractivity contribution in [2.75, 3.05) is 45.4 Å². The maximum atomic E-state index is 12.8. The van der Waals surface area contributed by atoms with Crippen molar-refractivity contribution >= 4 is 33.9 Å². The molecule has 234 valence electrons. The van der Waals surface area contributed by atoms with Gasteiger partial charge in [-0.05, 0) is 54.4 Å². The summed E-state index contributed by atoms with van der Waals surface area (Å²) in [5.41, 5.74) is 9.01. The van der Waals surface area contributed by atoms with Crippen molar-refractivity contribution in [2.24, 2.45) is 5.41 Å².